The molecule has 0 radical (unpaired) electrons. The van der Waals surface area contributed by atoms with Gasteiger partial charge in [-0.3, -0.25) is 15.0 Å². The van der Waals surface area contributed by atoms with Crippen LogP contribution >= 0.6 is 0 Å². The minimum Gasteiger partial charge on any atom is -0.352 e. The molecule has 0 bridgehead atoms. The molecule has 0 spiro atoms. The fraction of sp³-hybridized carbons (Fsp3) is 0.619. The number of rotatable bonds is 5. The van der Waals surface area contributed by atoms with Crippen molar-refractivity contribution in [2.75, 3.05) is 13.1 Å². The lowest BCUT2D eigenvalue weighted by Gasteiger charge is -2.35. The molecule has 2 aliphatic heterocycles. The van der Waals surface area contributed by atoms with Gasteiger partial charge in [0.05, 0.1) is 4.90 Å². The molecular formula is C21H31N5O4S. The minimum atomic E-state index is -3.72. The third-order valence-electron chi connectivity index (χ3n) is 6.83. The highest BCUT2D eigenvalue weighted by Gasteiger charge is 2.43. The SMILES string of the molecule is NS(=O)(=O)c1ccc(CNC(=O)C2CCN(C(=O)C3NNC4CCCCC43)CC2)cc1. The van der Waals surface area contributed by atoms with Crippen molar-refractivity contribution in [3.63, 3.8) is 0 Å². The quantitative estimate of drug-likeness (QED) is 0.508. The number of amides is 2. The average molecular weight is 450 g/mol. The number of fused-ring (bicyclic) bond motifs is 1. The molecule has 10 heteroatoms. The molecule has 1 saturated carbocycles. The maximum Gasteiger partial charge on any atom is 0.241 e. The van der Waals surface area contributed by atoms with Crippen molar-refractivity contribution in [3.8, 4) is 0 Å². The Kier molecular flexibility index (Phi) is 6.61. The average Bonchev–Trinajstić information content (AvgIpc) is 3.21. The van der Waals surface area contributed by atoms with E-state index >= 15 is 0 Å². The smallest absolute Gasteiger partial charge is 0.241 e. The van der Waals surface area contributed by atoms with E-state index in [0.717, 1.165) is 18.4 Å². The molecule has 1 aromatic rings. The molecule has 3 atom stereocenters. The summed E-state index contributed by atoms with van der Waals surface area (Å²) in [4.78, 5) is 27.5. The van der Waals surface area contributed by atoms with Crippen LogP contribution in [0.3, 0.4) is 0 Å². The standard InChI is InChI=1S/C21H31N5O4S/c22-31(29,30)16-7-5-14(6-8-16)13-23-20(27)15-9-11-26(12-10-15)21(28)19-17-3-1-2-4-18(17)24-25-19/h5-8,15,17-19,24-25H,1-4,9-13H2,(H,23,27)(H2,22,29,30). The Hall–Kier alpha value is -2.01. The van der Waals surface area contributed by atoms with Crippen LogP contribution in [-0.2, 0) is 26.2 Å². The minimum absolute atomic E-state index is 0.0318. The molecule has 2 saturated heterocycles. The molecule has 170 valence electrons. The van der Waals surface area contributed by atoms with Gasteiger partial charge in [0.1, 0.15) is 6.04 Å². The van der Waals surface area contributed by atoms with Gasteiger partial charge in [0.15, 0.2) is 0 Å². The van der Waals surface area contributed by atoms with E-state index in [2.05, 4.69) is 16.2 Å². The highest BCUT2D eigenvalue weighted by Crippen LogP contribution is 2.31. The maximum atomic E-state index is 13.0. The lowest BCUT2D eigenvalue weighted by atomic mass is 9.81. The lowest BCUT2D eigenvalue weighted by Crippen LogP contribution is -2.51. The number of primary sulfonamides is 1. The first-order chi connectivity index (χ1) is 14.8. The van der Waals surface area contributed by atoms with Gasteiger partial charge >= 0.3 is 0 Å². The van der Waals surface area contributed by atoms with Gasteiger partial charge in [-0.25, -0.2) is 19.0 Å². The zero-order valence-electron chi connectivity index (χ0n) is 17.5. The summed E-state index contributed by atoms with van der Waals surface area (Å²) in [7, 11) is -3.72. The summed E-state index contributed by atoms with van der Waals surface area (Å²) in [6, 6.07) is 6.39. The Morgan fingerprint density at radius 3 is 2.39 bits per heavy atom. The van der Waals surface area contributed by atoms with E-state index < -0.39 is 10.0 Å². The summed E-state index contributed by atoms with van der Waals surface area (Å²) in [6.07, 6.45) is 5.90. The fourth-order valence-corrected chi connectivity index (χ4v) is 5.49. The van der Waals surface area contributed by atoms with Gasteiger partial charge < -0.3 is 10.2 Å². The number of carbonyl (C=O) groups excluding carboxylic acids is 2. The van der Waals surface area contributed by atoms with Gasteiger partial charge in [0.25, 0.3) is 0 Å². The zero-order chi connectivity index (χ0) is 22.0. The molecule has 1 aromatic carbocycles. The van der Waals surface area contributed by atoms with Crippen LogP contribution < -0.4 is 21.3 Å². The molecule has 3 aliphatic rings. The third-order valence-corrected chi connectivity index (χ3v) is 7.76. The molecule has 31 heavy (non-hydrogen) atoms. The Labute approximate surface area is 183 Å². The van der Waals surface area contributed by atoms with Crippen LogP contribution in [0.25, 0.3) is 0 Å². The Morgan fingerprint density at radius 1 is 1.03 bits per heavy atom. The largest absolute Gasteiger partial charge is 0.352 e. The number of piperidine rings is 1. The van der Waals surface area contributed by atoms with Crippen LogP contribution in [-0.4, -0.2) is 50.3 Å². The summed E-state index contributed by atoms with van der Waals surface area (Å²) >= 11 is 0. The van der Waals surface area contributed by atoms with Gasteiger partial charge in [-0.2, -0.15) is 0 Å². The molecule has 3 fully saturated rings. The van der Waals surface area contributed by atoms with Crippen molar-refractivity contribution in [1.29, 1.82) is 0 Å². The van der Waals surface area contributed by atoms with Crippen molar-refractivity contribution in [1.82, 2.24) is 21.1 Å². The second-order valence-corrected chi connectivity index (χ2v) is 10.4. The summed E-state index contributed by atoms with van der Waals surface area (Å²) in [5.41, 5.74) is 7.31. The second kappa shape index (κ2) is 9.23. The van der Waals surface area contributed by atoms with Crippen molar-refractivity contribution in [2.24, 2.45) is 17.0 Å². The molecule has 9 nitrogen and oxygen atoms in total. The van der Waals surface area contributed by atoms with E-state index in [1.807, 2.05) is 4.90 Å². The van der Waals surface area contributed by atoms with Crippen molar-refractivity contribution in [3.05, 3.63) is 29.8 Å². The Balaban J connectivity index is 1.24. The van der Waals surface area contributed by atoms with E-state index in [4.69, 9.17) is 5.14 Å². The summed E-state index contributed by atoms with van der Waals surface area (Å²) in [6.45, 7) is 1.51. The topological polar surface area (TPSA) is 134 Å². The van der Waals surface area contributed by atoms with E-state index in [1.54, 1.807) is 12.1 Å². The van der Waals surface area contributed by atoms with Crippen LogP contribution in [0.4, 0.5) is 0 Å². The van der Waals surface area contributed by atoms with Crippen molar-refractivity contribution < 1.29 is 18.0 Å². The molecule has 3 unspecified atom stereocenters. The number of nitrogens with one attached hydrogen (secondary N) is 3. The second-order valence-electron chi connectivity index (χ2n) is 8.83. The third kappa shape index (κ3) is 5.08. The van der Waals surface area contributed by atoms with Gasteiger partial charge in [-0.05, 0) is 43.4 Å². The summed E-state index contributed by atoms with van der Waals surface area (Å²) < 4.78 is 22.6. The molecule has 0 aromatic heterocycles. The van der Waals surface area contributed by atoms with Gasteiger partial charge in [-0.15, -0.1) is 0 Å². The van der Waals surface area contributed by atoms with Crippen LogP contribution in [0.1, 0.15) is 44.1 Å². The molecular weight excluding hydrogens is 418 g/mol. The van der Waals surface area contributed by atoms with E-state index in [9.17, 15) is 18.0 Å². The highest BCUT2D eigenvalue weighted by atomic mass is 32.2. The molecule has 2 amide bonds. The number of hydrogen-bond acceptors (Lipinski definition) is 6. The Bertz CT molecular complexity index is 912. The lowest BCUT2D eigenvalue weighted by molar-refractivity contribution is -0.138. The first-order valence-corrected chi connectivity index (χ1v) is 12.6. The summed E-state index contributed by atoms with van der Waals surface area (Å²) in [5.74, 6) is 0.360. The highest BCUT2D eigenvalue weighted by molar-refractivity contribution is 7.89. The zero-order valence-corrected chi connectivity index (χ0v) is 18.4. The summed E-state index contributed by atoms with van der Waals surface area (Å²) in [5, 5.41) is 8.02. The number of nitrogens with two attached hydrogens (primary N) is 1. The van der Waals surface area contributed by atoms with E-state index in [0.29, 0.717) is 44.4 Å². The number of hydrazine groups is 1. The maximum absolute atomic E-state index is 13.0. The number of nitrogens with zero attached hydrogens (tertiary/aromatic N) is 1. The first-order valence-electron chi connectivity index (χ1n) is 11.0. The Morgan fingerprint density at radius 2 is 1.71 bits per heavy atom. The van der Waals surface area contributed by atoms with Crippen LogP contribution in [0.15, 0.2) is 29.2 Å². The van der Waals surface area contributed by atoms with Crippen LogP contribution in [0, 0.1) is 11.8 Å². The molecule has 2 heterocycles. The monoisotopic (exact) mass is 449 g/mol. The van der Waals surface area contributed by atoms with E-state index in [1.165, 1.54) is 25.0 Å². The van der Waals surface area contributed by atoms with Gasteiger partial charge in [0.2, 0.25) is 21.8 Å². The van der Waals surface area contributed by atoms with Crippen LogP contribution in [0.2, 0.25) is 0 Å². The number of likely N-dealkylation sites (tertiary alicyclic amines) is 1. The number of carbonyl (C=O) groups is 2. The normalized spacial score (nSPS) is 27.0. The molecule has 4 rings (SSSR count). The molecule has 5 N–H and O–H groups in total. The van der Waals surface area contributed by atoms with Crippen molar-refractivity contribution in [2.45, 2.75) is 62.0 Å². The van der Waals surface area contributed by atoms with Crippen molar-refractivity contribution >= 4 is 21.8 Å². The number of benzene rings is 1. The number of sulfonamides is 1. The first kappa shape index (κ1) is 22.2. The van der Waals surface area contributed by atoms with E-state index in [-0.39, 0.29) is 28.7 Å². The van der Waals surface area contributed by atoms with Crippen LogP contribution in [0.5, 0.6) is 0 Å². The predicted octanol–water partition coefficient (Wildman–Crippen LogP) is 0.224. The van der Waals surface area contributed by atoms with Gasteiger partial charge in [-0.1, -0.05) is 25.0 Å². The van der Waals surface area contributed by atoms with Gasteiger partial charge in [0, 0.05) is 37.5 Å². The molecule has 1 aliphatic carbocycles. The predicted molar refractivity (Wildman–Crippen MR) is 115 cm³/mol. The number of hydrogen-bond donors (Lipinski definition) is 4. The fourth-order valence-electron chi connectivity index (χ4n) is 4.98.